The van der Waals surface area contributed by atoms with Gasteiger partial charge >= 0.3 is 0 Å². The molecule has 0 saturated heterocycles. The third kappa shape index (κ3) is 3.32. The lowest BCUT2D eigenvalue weighted by molar-refractivity contribution is 0.589. The number of nitrogens with zero attached hydrogens (tertiary/aromatic N) is 2. The van der Waals surface area contributed by atoms with Gasteiger partial charge in [-0.05, 0) is 17.7 Å². The van der Waals surface area contributed by atoms with E-state index >= 15 is 0 Å². The molecule has 0 radical (unpaired) electrons. The van der Waals surface area contributed by atoms with E-state index in [1.807, 2.05) is 12.1 Å². The number of hydrogen-bond donors (Lipinski definition) is 1. The topological polar surface area (TPSA) is 29.9 Å². The first kappa shape index (κ1) is 12.1. The zero-order chi connectivity index (χ0) is 12.3. The van der Waals surface area contributed by atoms with Gasteiger partial charge in [0, 0.05) is 18.8 Å². The standard InChI is InChI=1S/C13H16ClN3/c1-10(2)15-7-11-3-5-13(6-4-11)17-9-12(14)8-16-17/h3-6,8-10,15H,7H2,1-2H3. The second-order valence-corrected chi connectivity index (χ2v) is 4.74. The van der Waals surface area contributed by atoms with E-state index in [4.69, 9.17) is 11.6 Å². The normalized spacial score (nSPS) is 11.1. The summed E-state index contributed by atoms with van der Waals surface area (Å²) >= 11 is 5.83. The summed E-state index contributed by atoms with van der Waals surface area (Å²) < 4.78 is 1.77. The van der Waals surface area contributed by atoms with Crippen LogP contribution in [0.2, 0.25) is 5.02 Å². The second-order valence-electron chi connectivity index (χ2n) is 4.31. The monoisotopic (exact) mass is 249 g/mol. The Kier molecular flexibility index (Phi) is 3.82. The van der Waals surface area contributed by atoms with Crippen LogP contribution in [0.15, 0.2) is 36.7 Å². The number of aromatic nitrogens is 2. The number of halogens is 1. The SMILES string of the molecule is CC(C)NCc1ccc(-n2cc(Cl)cn2)cc1. The Morgan fingerprint density at radius 1 is 1.29 bits per heavy atom. The average Bonchev–Trinajstić information content (AvgIpc) is 2.74. The molecular weight excluding hydrogens is 234 g/mol. The molecule has 0 saturated carbocycles. The second kappa shape index (κ2) is 5.34. The largest absolute Gasteiger partial charge is 0.310 e. The van der Waals surface area contributed by atoms with Crippen LogP contribution < -0.4 is 5.32 Å². The Bertz CT molecular complexity index is 474. The predicted molar refractivity (Wildman–Crippen MR) is 70.5 cm³/mol. The molecular formula is C13H16ClN3. The van der Waals surface area contributed by atoms with Gasteiger partial charge in [0.05, 0.1) is 16.9 Å². The average molecular weight is 250 g/mol. The van der Waals surface area contributed by atoms with Gasteiger partial charge in [-0.1, -0.05) is 37.6 Å². The summed E-state index contributed by atoms with van der Waals surface area (Å²) in [7, 11) is 0. The van der Waals surface area contributed by atoms with Crippen LogP contribution in [-0.2, 0) is 6.54 Å². The van der Waals surface area contributed by atoms with Gasteiger partial charge in [-0.2, -0.15) is 5.10 Å². The molecule has 0 aliphatic carbocycles. The molecule has 2 aromatic rings. The maximum absolute atomic E-state index is 5.83. The van der Waals surface area contributed by atoms with E-state index in [-0.39, 0.29) is 0 Å². The van der Waals surface area contributed by atoms with Crippen LogP contribution >= 0.6 is 11.6 Å². The van der Waals surface area contributed by atoms with E-state index in [2.05, 4.69) is 36.4 Å². The van der Waals surface area contributed by atoms with Crippen LogP contribution in [0, 0.1) is 0 Å². The molecule has 1 N–H and O–H groups in total. The van der Waals surface area contributed by atoms with Gasteiger partial charge in [-0.15, -0.1) is 0 Å². The van der Waals surface area contributed by atoms with Crippen molar-refractivity contribution in [2.24, 2.45) is 0 Å². The first-order valence-corrected chi connectivity index (χ1v) is 6.06. The molecule has 0 fully saturated rings. The fraction of sp³-hybridized carbons (Fsp3) is 0.308. The zero-order valence-electron chi connectivity index (χ0n) is 10.0. The summed E-state index contributed by atoms with van der Waals surface area (Å²) in [5.41, 5.74) is 2.28. The lowest BCUT2D eigenvalue weighted by atomic mass is 10.2. The molecule has 0 amide bonds. The van der Waals surface area contributed by atoms with Crippen molar-refractivity contribution in [1.29, 1.82) is 0 Å². The van der Waals surface area contributed by atoms with E-state index in [0.717, 1.165) is 12.2 Å². The Labute approximate surface area is 106 Å². The van der Waals surface area contributed by atoms with E-state index in [1.165, 1.54) is 5.56 Å². The van der Waals surface area contributed by atoms with Crippen LogP contribution in [0.3, 0.4) is 0 Å². The summed E-state index contributed by atoms with van der Waals surface area (Å²) in [5, 5.41) is 8.19. The predicted octanol–water partition coefficient (Wildman–Crippen LogP) is 3.02. The highest BCUT2D eigenvalue weighted by Gasteiger charge is 2.00. The first-order valence-electron chi connectivity index (χ1n) is 5.68. The highest BCUT2D eigenvalue weighted by molar-refractivity contribution is 6.30. The van der Waals surface area contributed by atoms with E-state index in [9.17, 15) is 0 Å². The molecule has 0 aliphatic heterocycles. The van der Waals surface area contributed by atoms with Crippen LogP contribution in [0.5, 0.6) is 0 Å². The molecule has 1 heterocycles. The smallest absolute Gasteiger partial charge is 0.0790 e. The van der Waals surface area contributed by atoms with Gasteiger partial charge in [0.1, 0.15) is 0 Å². The molecule has 0 bridgehead atoms. The highest BCUT2D eigenvalue weighted by atomic mass is 35.5. The molecule has 0 unspecified atom stereocenters. The molecule has 1 aromatic heterocycles. The number of rotatable bonds is 4. The molecule has 0 aliphatic rings. The Balaban J connectivity index is 2.07. The van der Waals surface area contributed by atoms with Crippen molar-refractivity contribution >= 4 is 11.6 Å². The lowest BCUT2D eigenvalue weighted by Gasteiger charge is -2.08. The summed E-state index contributed by atoms with van der Waals surface area (Å²) in [5.74, 6) is 0. The van der Waals surface area contributed by atoms with Crippen molar-refractivity contribution in [1.82, 2.24) is 15.1 Å². The zero-order valence-corrected chi connectivity index (χ0v) is 10.8. The quantitative estimate of drug-likeness (QED) is 0.903. The summed E-state index contributed by atoms with van der Waals surface area (Å²) in [6, 6.07) is 8.78. The first-order chi connectivity index (χ1) is 8.15. The van der Waals surface area contributed by atoms with E-state index in [0.29, 0.717) is 11.1 Å². The third-order valence-electron chi connectivity index (χ3n) is 2.47. The minimum Gasteiger partial charge on any atom is -0.310 e. The molecule has 17 heavy (non-hydrogen) atoms. The van der Waals surface area contributed by atoms with Crippen LogP contribution in [-0.4, -0.2) is 15.8 Å². The Morgan fingerprint density at radius 3 is 2.53 bits per heavy atom. The van der Waals surface area contributed by atoms with Crippen molar-refractivity contribution < 1.29 is 0 Å². The maximum Gasteiger partial charge on any atom is 0.0790 e. The number of hydrogen-bond acceptors (Lipinski definition) is 2. The van der Waals surface area contributed by atoms with Gasteiger partial charge in [-0.3, -0.25) is 0 Å². The fourth-order valence-corrected chi connectivity index (χ4v) is 1.67. The molecule has 0 spiro atoms. The van der Waals surface area contributed by atoms with Crippen molar-refractivity contribution in [3.8, 4) is 5.69 Å². The van der Waals surface area contributed by atoms with Gasteiger partial charge in [0.2, 0.25) is 0 Å². The lowest BCUT2D eigenvalue weighted by Crippen LogP contribution is -2.21. The van der Waals surface area contributed by atoms with Crippen molar-refractivity contribution in [2.75, 3.05) is 0 Å². The van der Waals surface area contributed by atoms with Crippen LogP contribution in [0.25, 0.3) is 5.69 Å². The Hall–Kier alpha value is -1.32. The van der Waals surface area contributed by atoms with Gasteiger partial charge in [0.15, 0.2) is 0 Å². The van der Waals surface area contributed by atoms with Crippen molar-refractivity contribution in [3.63, 3.8) is 0 Å². The molecule has 0 atom stereocenters. The summed E-state index contributed by atoms with van der Waals surface area (Å²) in [6.07, 6.45) is 3.43. The molecule has 4 heteroatoms. The number of nitrogens with one attached hydrogen (secondary N) is 1. The van der Waals surface area contributed by atoms with Gasteiger partial charge < -0.3 is 5.32 Å². The van der Waals surface area contributed by atoms with Gasteiger partial charge in [-0.25, -0.2) is 4.68 Å². The van der Waals surface area contributed by atoms with Crippen molar-refractivity contribution in [3.05, 3.63) is 47.2 Å². The minimum absolute atomic E-state index is 0.500. The molecule has 90 valence electrons. The van der Waals surface area contributed by atoms with E-state index in [1.54, 1.807) is 17.1 Å². The van der Waals surface area contributed by atoms with Crippen molar-refractivity contribution in [2.45, 2.75) is 26.4 Å². The molecule has 2 rings (SSSR count). The van der Waals surface area contributed by atoms with Crippen LogP contribution in [0.4, 0.5) is 0 Å². The summed E-state index contributed by atoms with van der Waals surface area (Å²) in [4.78, 5) is 0. The molecule has 3 nitrogen and oxygen atoms in total. The summed E-state index contributed by atoms with van der Waals surface area (Å²) in [6.45, 7) is 5.16. The van der Waals surface area contributed by atoms with Crippen LogP contribution in [0.1, 0.15) is 19.4 Å². The van der Waals surface area contributed by atoms with Gasteiger partial charge in [0.25, 0.3) is 0 Å². The Morgan fingerprint density at radius 2 is 2.00 bits per heavy atom. The van der Waals surface area contributed by atoms with E-state index < -0.39 is 0 Å². The molecule has 1 aromatic carbocycles. The maximum atomic E-state index is 5.83. The minimum atomic E-state index is 0.500. The fourth-order valence-electron chi connectivity index (χ4n) is 1.53. The third-order valence-corrected chi connectivity index (χ3v) is 2.66. The number of benzene rings is 1. The highest BCUT2D eigenvalue weighted by Crippen LogP contribution is 2.12.